The van der Waals surface area contributed by atoms with E-state index in [9.17, 15) is 0 Å². The van der Waals surface area contributed by atoms with Crippen LogP contribution >= 0.6 is 22.9 Å². The minimum Gasteiger partial charge on any atom is -0.326 e. The SMILES string of the molecule is CCCCCCN1C=C[N+](C)(I)C1. The van der Waals surface area contributed by atoms with Crippen LogP contribution in [0.4, 0.5) is 0 Å². The molecule has 0 aromatic heterocycles. The van der Waals surface area contributed by atoms with Crippen molar-refractivity contribution in [2.45, 2.75) is 32.6 Å². The van der Waals surface area contributed by atoms with Crippen LogP contribution in [0.25, 0.3) is 0 Å². The first-order valence-corrected chi connectivity index (χ1v) is 6.09. The van der Waals surface area contributed by atoms with Crippen molar-refractivity contribution < 1.29 is 2.70 Å². The molecule has 0 aliphatic carbocycles. The van der Waals surface area contributed by atoms with E-state index in [-0.39, 0.29) is 0 Å². The Bertz CT molecular complexity index is 178. The lowest BCUT2D eigenvalue weighted by Gasteiger charge is -2.20. The molecular formula is C10H20IN2+. The van der Waals surface area contributed by atoms with Crippen LogP contribution in [0, 0.1) is 0 Å². The van der Waals surface area contributed by atoms with Gasteiger partial charge >= 0.3 is 0 Å². The Hall–Kier alpha value is 0.230. The van der Waals surface area contributed by atoms with E-state index in [0.717, 1.165) is 9.37 Å². The second kappa shape index (κ2) is 5.20. The first-order chi connectivity index (χ1) is 6.14. The van der Waals surface area contributed by atoms with Crippen molar-refractivity contribution in [2.24, 2.45) is 0 Å². The van der Waals surface area contributed by atoms with Crippen LogP contribution in [0.3, 0.4) is 0 Å². The normalized spacial score (nSPS) is 27.2. The molecule has 2 nitrogen and oxygen atoms in total. The van der Waals surface area contributed by atoms with Gasteiger partial charge in [-0.3, -0.25) is 0 Å². The van der Waals surface area contributed by atoms with Crippen molar-refractivity contribution in [1.82, 2.24) is 4.90 Å². The van der Waals surface area contributed by atoms with Crippen LogP contribution in [-0.2, 0) is 0 Å². The molecule has 1 aliphatic heterocycles. The molecule has 13 heavy (non-hydrogen) atoms. The fourth-order valence-electron chi connectivity index (χ4n) is 1.57. The maximum atomic E-state index is 2.46. The Balaban J connectivity index is 2.08. The summed E-state index contributed by atoms with van der Waals surface area (Å²) in [5.74, 6) is 0. The summed E-state index contributed by atoms with van der Waals surface area (Å²) >= 11 is 2.46. The number of hydrogen-bond acceptors (Lipinski definition) is 1. The Labute approximate surface area is 95.7 Å². The van der Waals surface area contributed by atoms with Crippen LogP contribution < -0.4 is 0 Å². The first-order valence-electron chi connectivity index (χ1n) is 5.12. The van der Waals surface area contributed by atoms with Gasteiger partial charge in [0.1, 0.15) is 6.20 Å². The summed E-state index contributed by atoms with van der Waals surface area (Å²) in [6.45, 7) is 4.62. The molecule has 3 heteroatoms. The van der Waals surface area contributed by atoms with Gasteiger partial charge in [-0.1, -0.05) is 26.2 Å². The quantitative estimate of drug-likeness (QED) is 0.428. The lowest BCUT2D eigenvalue weighted by atomic mass is 10.2. The van der Waals surface area contributed by atoms with Gasteiger partial charge in [0.15, 0.2) is 6.67 Å². The molecule has 0 bridgehead atoms. The van der Waals surface area contributed by atoms with Gasteiger partial charge in [-0.05, 0) is 6.42 Å². The second-order valence-corrected chi connectivity index (χ2v) is 6.16. The van der Waals surface area contributed by atoms with Gasteiger partial charge in [-0.2, -0.15) is 0 Å². The molecule has 0 aromatic carbocycles. The smallest absolute Gasteiger partial charge is 0.255 e. The van der Waals surface area contributed by atoms with Crippen LogP contribution in [0.1, 0.15) is 32.6 Å². The molecule has 0 fully saturated rings. The number of quaternary nitrogens is 1. The monoisotopic (exact) mass is 295 g/mol. The summed E-state index contributed by atoms with van der Waals surface area (Å²) in [4.78, 5) is 2.42. The average molecular weight is 295 g/mol. The fourth-order valence-corrected chi connectivity index (χ4v) is 2.11. The zero-order valence-corrected chi connectivity index (χ0v) is 10.8. The summed E-state index contributed by atoms with van der Waals surface area (Å²) in [7, 11) is 2.23. The van der Waals surface area contributed by atoms with Crippen molar-refractivity contribution in [1.29, 1.82) is 0 Å². The minimum atomic E-state index is 0.978. The minimum absolute atomic E-state index is 0.978. The molecule has 1 atom stereocenters. The average Bonchev–Trinajstić information content (AvgIpc) is 2.40. The van der Waals surface area contributed by atoms with E-state index in [1.807, 2.05) is 0 Å². The van der Waals surface area contributed by atoms with Gasteiger partial charge in [-0.15, -0.1) is 0 Å². The summed E-state index contributed by atoms with van der Waals surface area (Å²) in [6.07, 6.45) is 9.92. The van der Waals surface area contributed by atoms with Gasteiger partial charge in [0, 0.05) is 6.54 Å². The molecular weight excluding hydrogens is 275 g/mol. The highest BCUT2D eigenvalue weighted by atomic mass is 127. The van der Waals surface area contributed by atoms with E-state index < -0.39 is 0 Å². The van der Waals surface area contributed by atoms with Gasteiger partial charge in [0.25, 0.3) is 22.9 Å². The van der Waals surface area contributed by atoms with Crippen molar-refractivity contribution in [3.8, 4) is 0 Å². The van der Waals surface area contributed by atoms with E-state index in [1.165, 1.54) is 32.2 Å². The zero-order chi connectivity index (χ0) is 9.73. The van der Waals surface area contributed by atoms with Crippen LogP contribution in [-0.4, -0.2) is 27.9 Å². The van der Waals surface area contributed by atoms with Crippen LogP contribution in [0.15, 0.2) is 12.4 Å². The molecule has 0 spiro atoms. The molecule has 0 N–H and O–H groups in total. The predicted octanol–water partition coefficient (Wildman–Crippen LogP) is 3.11. The van der Waals surface area contributed by atoms with E-state index in [0.29, 0.717) is 0 Å². The first kappa shape index (κ1) is 11.3. The Morgan fingerprint density at radius 3 is 2.69 bits per heavy atom. The molecule has 0 aromatic rings. The number of unbranched alkanes of at least 4 members (excludes halogenated alkanes) is 3. The molecule has 1 aliphatic rings. The standard InChI is InChI=1S/C10H20IN2/c1-3-4-5-6-7-12-8-9-13(2,11)10-12/h8-9H,3-7,10H2,1-2H3/q+1. The predicted molar refractivity (Wildman–Crippen MR) is 65.1 cm³/mol. The van der Waals surface area contributed by atoms with Crippen LogP contribution in [0.2, 0.25) is 0 Å². The number of nitrogens with zero attached hydrogens (tertiary/aromatic N) is 2. The van der Waals surface area contributed by atoms with Crippen molar-refractivity contribution in [3.05, 3.63) is 12.4 Å². The molecule has 0 radical (unpaired) electrons. The zero-order valence-electron chi connectivity index (χ0n) is 8.67. The number of halogens is 1. The second-order valence-electron chi connectivity index (χ2n) is 3.96. The maximum absolute atomic E-state index is 2.46. The maximum Gasteiger partial charge on any atom is 0.255 e. The summed E-state index contributed by atoms with van der Waals surface area (Å²) in [6, 6.07) is 0. The molecule has 1 rings (SSSR count). The molecule has 0 amide bonds. The van der Waals surface area contributed by atoms with Gasteiger partial charge in [-0.25, -0.2) is 2.70 Å². The molecule has 0 saturated carbocycles. The number of hydrogen-bond donors (Lipinski definition) is 0. The molecule has 1 unspecified atom stereocenters. The summed E-state index contributed by atoms with van der Waals surface area (Å²) in [5, 5.41) is 0. The van der Waals surface area contributed by atoms with Crippen molar-refractivity contribution in [2.75, 3.05) is 20.3 Å². The molecule has 0 saturated heterocycles. The van der Waals surface area contributed by atoms with E-state index in [2.05, 4.69) is 54.1 Å². The van der Waals surface area contributed by atoms with Crippen LogP contribution in [0.5, 0.6) is 0 Å². The lowest BCUT2D eigenvalue weighted by molar-refractivity contribution is -0.674. The Morgan fingerprint density at radius 1 is 1.38 bits per heavy atom. The molecule has 76 valence electrons. The highest BCUT2D eigenvalue weighted by Crippen LogP contribution is 2.21. The highest BCUT2D eigenvalue weighted by molar-refractivity contribution is 14.1. The fraction of sp³-hybridized carbons (Fsp3) is 0.800. The van der Waals surface area contributed by atoms with Gasteiger partial charge in [0.2, 0.25) is 0 Å². The highest BCUT2D eigenvalue weighted by Gasteiger charge is 2.23. The van der Waals surface area contributed by atoms with E-state index in [4.69, 9.17) is 0 Å². The van der Waals surface area contributed by atoms with Crippen molar-refractivity contribution in [3.63, 3.8) is 0 Å². The van der Waals surface area contributed by atoms with Gasteiger partial charge < -0.3 is 4.90 Å². The van der Waals surface area contributed by atoms with E-state index in [1.54, 1.807) is 0 Å². The largest absolute Gasteiger partial charge is 0.326 e. The summed E-state index contributed by atoms with van der Waals surface area (Å²) < 4.78 is 0.978. The van der Waals surface area contributed by atoms with Crippen molar-refractivity contribution >= 4 is 22.9 Å². The topological polar surface area (TPSA) is 3.24 Å². The third-order valence-electron chi connectivity index (χ3n) is 2.35. The van der Waals surface area contributed by atoms with Gasteiger partial charge in [0.05, 0.1) is 13.2 Å². The molecule has 1 heterocycles. The number of rotatable bonds is 5. The third kappa shape index (κ3) is 4.31. The Kier molecular flexibility index (Phi) is 4.52. The lowest BCUT2D eigenvalue weighted by Crippen LogP contribution is -2.31. The Morgan fingerprint density at radius 2 is 2.15 bits per heavy atom. The third-order valence-corrected chi connectivity index (χ3v) is 2.97. The summed E-state index contributed by atoms with van der Waals surface area (Å²) in [5.41, 5.74) is 0. The van der Waals surface area contributed by atoms with E-state index >= 15 is 0 Å².